The minimum absolute atomic E-state index is 0.0142. The first-order valence-corrected chi connectivity index (χ1v) is 8.69. The summed E-state index contributed by atoms with van der Waals surface area (Å²) in [6, 6.07) is 3.61. The van der Waals surface area contributed by atoms with E-state index in [1.165, 1.54) is 12.1 Å². The third kappa shape index (κ3) is 3.63. The van der Waals surface area contributed by atoms with E-state index in [9.17, 15) is 21.6 Å². The van der Waals surface area contributed by atoms with Crippen LogP contribution in [0.2, 0.25) is 0 Å². The number of benzene rings is 1. The average molecular weight is 342 g/mol. The highest BCUT2D eigenvalue weighted by atomic mass is 35.5. The number of halogens is 4. The number of hydrogen-bond donors (Lipinski definition) is 0. The predicted molar refractivity (Wildman–Crippen MR) is 76.5 cm³/mol. The highest BCUT2D eigenvalue weighted by Crippen LogP contribution is 2.36. The fourth-order valence-corrected chi connectivity index (χ4v) is 4.46. The zero-order valence-corrected chi connectivity index (χ0v) is 12.9. The minimum atomic E-state index is -4.48. The number of anilines is 1. The SMILES string of the molecule is CN(c1ccc(CCl)c(C(F)(F)F)c1)C1CCS(=O)(=O)C1. The van der Waals surface area contributed by atoms with E-state index in [1.54, 1.807) is 11.9 Å². The number of hydrogen-bond acceptors (Lipinski definition) is 3. The number of sulfone groups is 1. The molecular formula is C13H15ClF3NO2S. The predicted octanol–water partition coefficient (Wildman–Crippen LogP) is 3.07. The average Bonchev–Trinajstić information content (AvgIpc) is 2.76. The molecule has 1 fully saturated rings. The van der Waals surface area contributed by atoms with Crippen LogP contribution in [0.25, 0.3) is 0 Å². The van der Waals surface area contributed by atoms with Crippen molar-refractivity contribution < 1.29 is 21.6 Å². The van der Waals surface area contributed by atoms with Gasteiger partial charge in [0.2, 0.25) is 0 Å². The van der Waals surface area contributed by atoms with Crippen molar-refractivity contribution in [2.75, 3.05) is 23.5 Å². The summed E-state index contributed by atoms with van der Waals surface area (Å²) >= 11 is 5.54. The standard InChI is InChI=1S/C13H15ClF3NO2S/c1-18(11-4-5-21(19,20)8-11)10-3-2-9(7-14)12(6-10)13(15,16)17/h2-3,6,11H,4-5,7-8H2,1H3. The van der Waals surface area contributed by atoms with Crippen LogP contribution in [0.5, 0.6) is 0 Å². The van der Waals surface area contributed by atoms with Gasteiger partial charge in [-0.05, 0) is 24.1 Å². The molecule has 1 aromatic carbocycles. The lowest BCUT2D eigenvalue weighted by Crippen LogP contribution is -2.32. The van der Waals surface area contributed by atoms with E-state index in [1.807, 2.05) is 0 Å². The Morgan fingerprint density at radius 2 is 2.05 bits per heavy atom. The van der Waals surface area contributed by atoms with E-state index < -0.39 is 21.6 Å². The third-order valence-corrected chi connectivity index (χ3v) is 5.74. The molecule has 0 bridgehead atoms. The van der Waals surface area contributed by atoms with E-state index in [2.05, 4.69) is 0 Å². The lowest BCUT2D eigenvalue weighted by molar-refractivity contribution is -0.138. The molecule has 0 saturated carbocycles. The van der Waals surface area contributed by atoms with Crippen LogP contribution >= 0.6 is 11.6 Å². The molecule has 0 aliphatic carbocycles. The molecule has 0 aromatic heterocycles. The molecule has 8 heteroatoms. The highest BCUT2D eigenvalue weighted by Gasteiger charge is 2.35. The fourth-order valence-electron chi connectivity index (χ4n) is 2.46. The molecule has 1 aliphatic rings. The number of nitrogens with zero attached hydrogens (tertiary/aromatic N) is 1. The molecule has 1 unspecified atom stereocenters. The Balaban J connectivity index is 2.32. The molecule has 1 aromatic rings. The molecule has 1 atom stereocenters. The van der Waals surface area contributed by atoms with Crippen molar-refractivity contribution in [2.45, 2.75) is 24.5 Å². The second-order valence-corrected chi connectivity index (χ2v) is 7.64. The topological polar surface area (TPSA) is 37.4 Å². The van der Waals surface area contributed by atoms with Gasteiger partial charge in [0.15, 0.2) is 9.84 Å². The Morgan fingerprint density at radius 1 is 1.38 bits per heavy atom. The molecule has 0 radical (unpaired) electrons. The number of alkyl halides is 4. The first-order valence-electron chi connectivity index (χ1n) is 6.33. The summed E-state index contributed by atoms with van der Waals surface area (Å²) in [5.41, 5.74) is -0.415. The molecule has 0 spiro atoms. The van der Waals surface area contributed by atoms with Crippen molar-refractivity contribution in [3.63, 3.8) is 0 Å². The number of rotatable bonds is 3. The summed E-state index contributed by atoms with van der Waals surface area (Å²) in [6.07, 6.45) is -4.06. The Kier molecular flexibility index (Phi) is 4.44. The molecule has 118 valence electrons. The minimum Gasteiger partial charge on any atom is -0.371 e. The second kappa shape index (κ2) is 5.68. The molecule has 0 N–H and O–H groups in total. The lowest BCUT2D eigenvalue weighted by Gasteiger charge is -2.27. The van der Waals surface area contributed by atoms with Crippen LogP contribution in [0.15, 0.2) is 18.2 Å². The molecule has 1 heterocycles. The first-order chi connectivity index (χ1) is 9.64. The maximum atomic E-state index is 13.0. The molecule has 3 nitrogen and oxygen atoms in total. The smallest absolute Gasteiger partial charge is 0.371 e. The lowest BCUT2D eigenvalue weighted by atomic mass is 10.1. The summed E-state index contributed by atoms with van der Waals surface area (Å²) in [4.78, 5) is 1.60. The zero-order chi connectivity index (χ0) is 15.8. The van der Waals surface area contributed by atoms with E-state index >= 15 is 0 Å². The monoisotopic (exact) mass is 341 g/mol. The molecule has 1 aliphatic heterocycles. The van der Waals surface area contributed by atoms with E-state index in [0.29, 0.717) is 12.1 Å². The van der Waals surface area contributed by atoms with E-state index in [4.69, 9.17) is 11.6 Å². The van der Waals surface area contributed by atoms with Gasteiger partial charge in [0.05, 0.1) is 17.1 Å². The summed E-state index contributed by atoms with van der Waals surface area (Å²) < 4.78 is 62.0. The van der Waals surface area contributed by atoms with E-state index in [0.717, 1.165) is 6.07 Å². The van der Waals surface area contributed by atoms with Crippen molar-refractivity contribution in [2.24, 2.45) is 0 Å². The van der Waals surface area contributed by atoms with Gasteiger partial charge in [-0.3, -0.25) is 0 Å². The van der Waals surface area contributed by atoms with Gasteiger partial charge in [0.1, 0.15) is 0 Å². The van der Waals surface area contributed by atoms with Gasteiger partial charge in [-0.2, -0.15) is 13.2 Å². The van der Waals surface area contributed by atoms with Crippen molar-refractivity contribution in [1.82, 2.24) is 0 Å². The first kappa shape index (κ1) is 16.4. The quantitative estimate of drug-likeness (QED) is 0.793. The van der Waals surface area contributed by atoms with Crippen LogP contribution in [0, 0.1) is 0 Å². The largest absolute Gasteiger partial charge is 0.416 e. The Hall–Kier alpha value is -0.950. The van der Waals surface area contributed by atoms with Gasteiger partial charge in [0, 0.05) is 24.7 Å². The molecule has 2 rings (SSSR count). The van der Waals surface area contributed by atoms with Crippen molar-refractivity contribution in [3.05, 3.63) is 29.3 Å². The fraction of sp³-hybridized carbons (Fsp3) is 0.538. The van der Waals surface area contributed by atoms with Crippen LogP contribution in [0.4, 0.5) is 18.9 Å². The molecule has 1 saturated heterocycles. The molecular weight excluding hydrogens is 327 g/mol. The highest BCUT2D eigenvalue weighted by molar-refractivity contribution is 7.91. The Bertz CT molecular complexity index is 631. The Morgan fingerprint density at radius 3 is 2.52 bits per heavy atom. The van der Waals surface area contributed by atoms with Crippen LogP contribution in [0.1, 0.15) is 17.5 Å². The maximum Gasteiger partial charge on any atom is 0.416 e. The van der Waals surface area contributed by atoms with Crippen molar-refractivity contribution in [3.8, 4) is 0 Å². The van der Waals surface area contributed by atoms with Gasteiger partial charge < -0.3 is 4.90 Å². The second-order valence-electron chi connectivity index (χ2n) is 5.14. The summed E-state index contributed by atoms with van der Waals surface area (Å²) in [5, 5.41) is 0. The normalized spacial score (nSPS) is 21.5. The maximum absolute atomic E-state index is 13.0. The van der Waals surface area contributed by atoms with Gasteiger partial charge >= 0.3 is 6.18 Å². The summed E-state index contributed by atoms with van der Waals surface area (Å²) in [6.45, 7) is 0. The zero-order valence-electron chi connectivity index (χ0n) is 11.3. The van der Waals surface area contributed by atoms with Gasteiger partial charge in [-0.25, -0.2) is 8.42 Å². The van der Waals surface area contributed by atoms with Gasteiger partial charge in [-0.1, -0.05) is 6.07 Å². The van der Waals surface area contributed by atoms with E-state index in [-0.39, 0.29) is 29.0 Å². The van der Waals surface area contributed by atoms with Gasteiger partial charge in [0.25, 0.3) is 0 Å². The van der Waals surface area contributed by atoms with Gasteiger partial charge in [-0.15, -0.1) is 11.6 Å². The van der Waals surface area contributed by atoms with Crippen LogP contribution in [-0.4, -0.2) is 33.0 Å². The third-order valence-electron chi connectivity index (χ3n) is 3.71. The van der Waals surface area contributed by atoms with Crippen LogP contribution < -0.4 is 4.90 Å². The molecule has 21 heavy (non-hydrogen) atoms. The Labute approximate surface area is 126 Å². The summed E-state index contributed by atoms with van der Waals surface area (Å²) in [5.74, 6) is -0.174. The summed E-state index contributed by atoms with van der Waals surface area (Å²) in [7, 11) is -1.47. The van der Waals surface area contributed by atoms with Crippen LogP contribution in [0.3, 0.4) is 0 Å². The van der Waals surface area contributed by atoms with Crippen LogP contribution in [-0.2, 0) is 21.9 Å². The van der Waals surface area contributed by atoms with Crippen molar-refractivity contribution in [1.29, 1.82) is 0 Å². The molecule has 0 amide bonds. The van der Waals surface area contributed by atoms with Crippen molar-refractivity contribution >= 4 is 27.1 Å².